The van der Waals surface area contributed by atoms with Gasteiger partial charge in [0.05, 0.1) is 6.42 Å². The summed E-state index contributed by atoms with van der Waals surface area (Å²) < 4.78 is 36.8. The largest absolute Gasteiger partial charge is 0.490 e. The summed E-state index contributed by atoms with van der Waals surface area (Å²) in [4.78, 5) is 32.3. The van der Waals surface area contributed by atoms with Crippen molar-refractivity contribution in [3.63, 3.8) is 0 Å². The third-order valence-electron chi connectivity index (χ3n) is 3.62. The van der Waals surface area contributed by atoms with Crippen molar-refractivity contribution in [2.45, 2.75) is 50.6 Å². The number of ether oxygens (including phenoxy) is 1. The Kier molecular flexibility index (Phi) is 7.77. The van der Waals surface area contributed by atoms with E-state index in [9.17, 15) is 22.8 Å². The van der Waals surface area contributed by atoms with Crippen molar-refractivity contribution in [3.05, 3.63) is 35.9 Å². The van der Waals surface area contributed by atoms with Gasteiger partial charge in [-0.25, -0.2) is 4.79 Å². The zero-order valence-corrected chi connectivity index (χ0v) is 14.6. The molecule has 10 heteroatoms. The second kappa shape index (κ2) is 9.36. The van der Waals surface area contributed by atoms with Crippen LogP contribution in [0.4, 0.5) is 13.2 Å². The van der Waals surface area contributed by atoms with Gasteiger partial charge in [-0.15, -0.1) is 0 Å². The molecule has 0 spiro atoms. The van der Waals surface area contributed by atoms with E-state index in [1.165, 1.54) is 0 Å². The quantitative estimate of drug-likeness (QED) is 0.637. The van der Waals surface area contributed by atoms with Gasteiger partial charge in [0.25, 0.3) is 0 Å². The Morgan fingerprint density at radius 2 is 1.78 bits per heavy atom. The van der Waals surface area contributed by atoms with Gasteiger partial charge in [-0.05, 0) is 25.3 Å². The van der Waals surface area contributed by atoms with Crippen LogP contribution in [0.5, 0.6) is 0 Å². The average molecular weight is 390 g/mol. The van der Waals surface area contributed by atoms with Crippen LogP contribution in [0.25, 0.3) is 0 Å². The van der Waals surface area contributed by atoms with Crippen LogP contribution in [-0.2, 0) is 25.7 Å². The molecule has 1 saturated carbocycles. The molecule has 0 unspecified atom stereocenters. The van der Waals surface area contributed by atoms with E-state index < -0.39 is 24.2 Å². The van der Waals surface area contributed by atoms with Crippen LogP contribution in [0.1, 0.15) is 31.7 Å². The molecule has 1 aromatic rings. The van der Waals surface area contributed by atoms with E-state index in [1.54, 1.807) is 0 Å². The molecule has 0 bridgehead atoms. The van der Waals surface area contributed by atoms with Crippen molar-refractivity contribution in [1.29, 1.82) is 0 Å². The van der Waals surface area contributed by atoms with Gasteiger partial charge in [0.2, 0.25) is 5.91 Å². The molecule has 27 heavy (non-hydrogen) atoms. The number of nitrogens with one attached hydrogen (secondary N) is 1. The molecular formula is C17H21F3N2O5. The van der Waals surface area contributed by atoms with E-state index in [1.807, 2.05) is 37.3 Å². The summed E-state index contributed by atoms with van der Waals surface area (Å²) in [5.74, 6) is -3.51. The Morgan fingerprint density at radius 1 is 1.26 bits per heavy atom. The van der Waals surface area contributed by atoms with Gasteiger partial charge in [0.1, 0.15) is 12.6 Å². The molecule has 0 heterocycles. The van der Waals surface area contributed by atoms with Crippen LogP contribution < -0.4 is 11.1 Å². The lowest BCUT2D eigenvalue weighted by atomic mass is 10.2. The highest BCUT2D eigenvalue weighted by atomic mass is 19.4. The SMILES string of the molecule is CC1(NC(=O)C[C@H](N)C(=O)OCc2ccccc2)CC1.O=C(O)C(F)(F)F. The highest BCUT2D eigenvalue weighted by molar-refractivity contribution is 5.85. The predicted molar refractivity (Wildman–Crippen MR) is 88.3 cm³/mol. The molecule has 0 aliphatic heterocycles. The minimum atomic E-state index is -5.08. The average Bonchev–Trinajstić information content (AvgIpc) is 3.29. The summed E-state index contributed by atoms with van der Waals surface area (Å²) in [5.41, 5.74) is 6.49. The Hall–Kier alpha value is -2.62. The summed E-state index contributed by atoms with van der Waals surface area (Å²) in [6.45, 7) is 2.15. The molecule has 1 atom stereocenters. The number of carboxylic acid groups (broad SMARTS) is 1. The smallest absolute Gasteiger partial charge is 0.475 e. The zero-order valence-electron chi connectivity index (χ0n) is 14.6. The number of hydrogen-bond donors (Lipinski definition) is 3. The third kappa shape index (κ3) is 9.04. The molecule has 2 rings (SSSR count). The number of amides is 1. The number of benzene rings is 1. The van der Waals surface area contributed by atoms with Crippen molar-refractivity contribution in [2.75, 3.05) is 0 Å². The van der Waals surface area contributed by atoms with Crippen LogP contribution >= 0.6 is 0 Å². The molecule has 4 N–H and O–H groups in total. The molecule has 0 aromatic heterocycles. The third-order valence-corrected chi connectivity index (χ3v) is 3.62. The van der Waals surface area contributed by atoms with Crippen LogP contribution in [0.15, 0.2) is 30.3 Å². The summed E-state index contributed by atoms with van der Waals surface area (Å²) in [6.07, 6.45) is -3.16. The molecular weight excluding hydrogens is 369 g/mol. The predicted octanol–water partition coefficient (Wildman–Crippen LogP) is 1.75. The van der Waals surface area contributed by atoms with Gasteiger partial charge in [-0.2, -0.15) is 13.2 Å². The van der Waals surface area contributed by atoms with Crippen molar-refractivity contribution < 1.29 is 37.4 Å². The summed E-state index contributed by atoms with van der Waals surface area (Å²) >= 11 is 0. The first-order valence-corrected chi connectivity index (χ1v) is 8.00. The van der Waals surface area contributed by atoms with Crippen molar-refractivity contribution in [3.8, 4) is 0 Å². The monoisotopic (exact) mass is 390 g/mol. The van der Waals surface area contributed by atoms with E-state index in [0.29, 0.717) is 0 Å². The number of esters is 1. The van der Waals surface area contributed by atoms with Gasteiger partial charge in [-0.1, -0.05) is 30.3 Å². The number of carbonyl (C=O) groups excluding carboxylic acids is 2. The first-order valence-electron chi connectivity index (χ1n) is 8.00. The molecule has 150 valence electrons. The van der Waals surface area contributed by atoms with Gasteiger partial charge in [-0.3, -0.25) is 9.59 Å². The Labute approximate surface area is 153 Å². The summed E-state index contributed by atoms with van der Waals surface area (Å²) in [7, 11) is 0. The number of carbonyl (C=O) groups is 3. The van der Waals surface area contributed by atoms with Gasteiger partial charge < -0.3 is 20.9 Å². The number of rotatable bonds is 6. The van der Waals surface area contributed by atoms with E-state index in [4.69, 9.17) is 20.4 Å². The Balaban J connectivity index is 0.000000445. The first kappa shape index (κ1) is 22.4. The number of halogens is 3. The lowest BCUT2D eigenvalue weighted by Gasteiger charge is -2.14. The molecule has 1 aliphatic carbocycles. The fraction of sp³-hybridized carbons (Fsp3) is 0.471. The topological polar surface area (TPSA) is 119 Å². The Bertz CT molecular complexity index is 660. The fourth-order valence-electron chi connectivity index (χ4n) is 1.82. The van der Waals surface area contributed by atoms with Gasteiger partial charge in [0, 0.05) is 5.54 Å². The lowest BCUT2D eigenvalue weighted by Crippen LogP contribution is -2.41. The maximum Gasteiger partial charge on any atom is 0.490 e. The number of aliphatic carboxylic acids is 1. The second-order valence-corrected chi connectivity index (χ2v) is 6.32. The summed E-state index contributed by atoms with van der Waals surface area (Å²) in [5, 5.41) is 9.99. The van der Waals surface area contributed by atoms with Gasteiger partial charge in [0.15, 0.2) is 0 Å². The van der Waals surface area contributed by atoms with E-state index >= 15 is 0 Å². The maximum absolute atomic E-state index is 11.7. The standard InChI is InChI=1S/C15H20N2O3.C2HF3O2/c1-15(7-8-15)17-13(18)9-12(16)14(19)20-10-11-5-3-2-4-6-11;3-2(4,5)1(6)7/h2-6,12H,7-10,16H2,1H3,(H,17,18);(H,6,7)/t12-;/m0./s1. The second-order valence-electron chi connectivity index (χ2n) is 6.32. The van der Waals surface area contributed by atoms with Crippen LogP contribution in [0, 0.1) is 0 Å². The maximum atomic E-state index is 11.7. The summed E-state index contributed by atoms with van der Waals surface area (Å²) in [6, 6.07) is 8.43. The van der Waals surface area contributed by atoms with Crippen molar-refractivity contribution >= 4 is 17.8 Å². The lowest BCUT2D eigenvalue weighted by molar-refractivity contribution is -0.192. The highest BCUT2D eigenvalue weighted by Gasteiger charge is 2.39. The number of carboxylic acids is 1. The van der Waals surface area contributed by atoms with E-state index in [0.717, 1.165) is 18.4 Å². The normalized spacial score (nSPS) is 15.6. The van der Waals surface area contributed by atoms with Crippen LogP contribution in [-0.4, -0.2) is 40.7 Å². The van der Waals surface area contributed by atoms with Crippen LogP contribution in [0.2, 0.25) is 0 Å². The minimum absolute atomic E-state index is 0.0385. The molecule has 0 radical (unpaired) electrons. The molecule has 0 saturated heterocycles. The van der Waals surface area contributed by atoms with Gasteiger partial charge >= 0.3 is 18.1 Å². The number of alkyl halides is 3. The molecule has 1 amide bonds. The minimum Gasteiger partial charge on any atom is -0.475 e. The molecule has 1 aliphatic rings. The van der Waals surface area contributed by atoms with Crippen LogP contribution in [0.3, 0.4) is 0 Å². The molecule has 7 nitrogen and oxygen atoms in total. The zero-order chi connectivity index (χ0) is 20.7. The van der Waals surface area contributed by atoms with Crippen molar-refractivity contribution in [1.82, 2.24) is 5.32 Å². The number of hydrogen-bond acceptors (Lipinski definition) is 5. The Morgan fingerprint density at radius 3 is 2.22 bits per heavy atom. The van der Waals surface area contributed by atoms with Crippen molar-refractivity contribution in [2.24, 2.45) is 5.73 Å². The molecule has 1 aromatic carbocycles. The molecule has 1 fully saturated rings. The fourth-order valence-corrected chi connectivity index (χ4v) is 1.82. The van der Waals surface area contributed by atoms with E-state index in [-0.39, 0.29) is 24.5 Å². The van der Waals surface area contributed by atoms with E-state index in [2.05, 4.69) is 5.32 Å². The number of nitrogens with two attached hydrogens (primary N) is 1. The highest BCUT2D eigenvalue weighted by Crippen LogP contribution is 2.34. The first-order chi connectivity index (χ1) is 12.4.